The van der Waals surface area contributed by atoms with Gasteiger partial charge in [-0.15, -0.1) is 24.0 Å². The van der Waals surface area contributed by atoms with Crippen molar-refractivity contribution in [2.45, 2.75) is 33.4 Å². The van der Waals surface area contributed by atoms with Gasteiger partial charge < -0.3 is 15.4 Å². The maximum Gasteiger partial charge on any atom is 0.387 e. The van der Waals surface area contributed by atoms with Crippen molar-refractivity contribution in [1.82, 2.24) is 20.4 Å². The van der Waals surface area contributed by atoms with Crippen LogP contribution in [0, 0.1) is 6.92 Å². The average molecular weight is 493 g/mol. The molecule has 0 saturated heterocycles. The van der Waals surface area contributed by atoms with Crippen molar-refractivity contribution >= 4 is 29.9 Å². The van der Waals surface area contributed by atoms with Crippen LogP contribution in [-0.2, 0) is 20.0 Å². The van der Waals surface area contributed by atoms with Crippen LogP contribution in [0.2, 0.25) is 0 Å². The number of benzene rings is 1. The molecule has 2 N–H and O–H groups in total. The van der Waals surface area contributed by atoms with Crippen molar-refractivity contribution in [3.8, 4) is 5.75 Å². The maximum atomic E-state index is 12.6. The Kier molecular flexibility index (Phi) is 10.0. The van der Waals surface area contributed by atoms with E-state index in [1.54, 1.807) is 22.9 Å². The van der Waals surface area contributed by atoms with Crippen LogP contribution in [0.4, 0.5) is 8.78 Å². The van der Waals surface area contributed by atoms with Crippen LogP contribution >= 0.6 is 24.0 Å². The molecule has 1 heterocycles. The minimum absolute atomic E-state index is 0. The molecule has 0 atom stereocenters. The van der Waals surface area contributed by atoms with Gasteiger partial charge in [-0.3, -0.25) is 4.68 Å². The quantitative estimate of drug-likeness (QED) is 0.337. The third kappa shape index (κ3) is 8.10. The van der Waals surface area contributed by atoms with E-state index in [2.05, 4.69) is 25.5 Å². The van der Waals surface area contributed by atoms with Gasteiger partial charge in [0.15, 0.2) is 5.96 Å². The standard InChI is InChI=1S/C18H25F2N5O.HI/c1-4-21-18(22-8-7-14-10-24-25(3)12-14)23-11-15-9-13(2)5-6-16(15)26-17(19)20;/h5-6,9-10,12,17H,4,7-8,11H2,1-3H3,(H2,21,22,23);1H. The highest BCUT2D eigenvalue weighted by atomic mass is 127. The summed E-state index contributed by atoms with van der Waals surface area (Å²) in [5, 5.41) is 10.5. The summed E-state index contributed by atoms with van der Waals surface area (Å²) in [5.41, 5.74) is 2.71. The van der Waals surface area contributed by atoms with Crippen LogP contribution in [0.5, 0.6) is 5.75 Å². The number of rotatable bonds is 8. The Hall–Kier alpha value is -1.91. The number of aromatic nitrogens is 2. The lowest BCUT2D eigenvalue weighted by Gasteiger charge is -2.13. The van der Waals surface area contributed by atoms with Gasteiger partial charge in [0.25, 0.3) is 0 Å². The smallest absolute Gasteiger partial charge is 0.387 e. The van der Waals surface area contributed by atoms with Crippen molar-refractivity contribution in [2.24, 2.45) is 12.0 Å². The Balaban J connectivity index is 0.00000364. The normalized spacial score (nSPS) is 11.3. The maximum absolute atomic E-state index is 12.6. The van der Waals surface area contributed by atoms with Crippen molar-refractivity contribution in [2.75, 3.05) is 13.1 Å². The molecule has 0 aliphatic rings. The zero-order chi connectivity index (χ0) is 18.9. The highest BCUT2D eigenvalue weighted by Crippen LogP contribution is 2.22. The molecule has 0 aliphatic heterocycles. The van der Waals surface area contributed by atoms with Gasteiger partial charge >= 0.3 is 6.61 Å². The second kappa shape index (κ2) is 11.7. The second-order valence-electron chi connectivity index (χ2n) is 5.88. The molecule has 6 nitrogen and oxygen atoms in total. The fourth-order valence-electron chi connectivity index (χ4n) is 2.47. The lowest BCUT2D eigenvalue weighted by molar-refractivity contribution is -0.0504. The third-order valence-electron chi connectivity index (χ3n) is 3.65. The number of guanidine groups is 1. The number of halogens is 3. The van der Waals surface area contributed by atoms with E-state index in [1.807, 2.05) is 33.3 Å². The van der Waals surface area contributed by atoms with E-state index >= 15 is 0 Å². The third-order valence-corrected chi connectivity index (χ3v) is 3.65. The van der Waals surface area contributed by atoms with Crippen LogP contribution in [0.3, 0.4) is 0 Å². The van der Waals surface area contributed by atoms with Gasteiger partial charge in [-0.1, -0.05) is 17.7 Å². The number of alkyl halides is 2. The Morgan fingerprint density at radius 1 is 1.33 bits per heavy atom. The Bertz CT molecular complexity index is 736. The zero-order valence-corrected chi connectivity index (χ0v) is 18.0. The summed E-state index contributed by atoms with van der Waals surface area (Å²) in [4.78, 5) is 4.48. The number of ether oxygens (including phenoxy) is 1. The van der Waals surface area contributed by atoms with Crippen LogP contribution < -0.4 is 15.4 Å². The second-order valence-corrected chi connectivity index (χ2v) is 5.88. The monoisotopic (exact) mass is 493 g/mol. The molecule has 150 valence electrons. The molecule has 1 aromatic carbocycles. The van der Waals surface area contributed by atoms with E-state index in [0.29, 0.717) is 24.6 Å². The van der Waals surface area contributed by atoms with E-state index < -0.39 is 6.61 Å². The van der Waals surface area contributed by atoms with Gasteiger partial charge in [0.2, 0.25) is 0 Å². The highest BCUT2D eigenvalue weighted by molar-refractivity contribution is 14.0. The van der Waals surface area contributed by atoms with Gasteiger partial charge in [0.05, 0.1) is 12.7 Å². The van der Waals surface area contributed by atoms with Gasteiger partial charge in [-0.05, 0) is 31.9 Å². The lowest BCUT2D eigenvalue weighted by Crippen LogP contribution is -2.38. The van der Waals surface area contributed by atoms with Crippen LogP contribution in [0.15, 0.2) is 35.6 Å². The molecule has 0 bridgehead atoms. The molecule has 2 rings (SSSR count). The number of hydrogen-bond donors (Lipinski definition) is 2. The minimum Gasteiger partial charge on any atom is -0.434 e. The Labute approximate surface area is 175 Å². The summed E-state index contributed by atoms with van der Waals surface area (Å²) in [6.45, 7) is 2.64. The fourth-order valence-corrected chi connectivity index (χ4v) is 2.47. The van der Waals surface area contributed by atoms with Gasteiger partial charge in [0, 0.05) is 31.9 Å². The number of nitrogens with one attached hydrogen (secondary N) is 2. The Morgan fingerprint density at radius 3 is 2.74 bits per heavy atom. The summed E-state index contributed by atoms with van der Waals surface area (Å²) >= 11 is 0. The van der Waals surface area contributed by atoms with Crippen molar-refractivity contribution in [3.05, 3.63) is 47.3 Å². The van der Waals surface area contributed by atoms with E-state index in [9.17, 15) is 8.78 Å². The van der Waals surface area contributed by atoms with E-state index in [1.165, 1.54) is 0 Å². The molecule has 0 amide bonds. The van der Waals surface area contributed by atoms with Gasteiger partial charge in [0.1, 0.15) is 5.75 Å². The summed E-state index contributed by atoms with van der Waals surface area (Å²) < 4.78 is 31.5. The first-order chi connectivity index (χ1) is 12.5. The first-order valence-electron chi connectivity index (χ1n) is 8.52. The van der Waals surface area contributed by atoms with E-state index in [0.717, 1.165) is 17.5 Å². The summed E-state index contributed by atoms with van der Waals surface area (Å²) in [7, 11) is 1.88. The number of aliphatic imine (C=N–C) groups is 1. The molecule has 0 radical (unpaired) electrons. The topological polar surface area (TPSA) is 63.5 Å². The molecule has 2 aromatic rings. The molecule has 0 saturated carbocycles. The summed E-state index contributed by atoms with van der Waals surface area (Å²) in [5.74, 6) is 0.779. The Morgan fingerprint density at radius 2 is 2.11 bits per heavy atom. The van der Waals surface area contributed by atoms with Crippen molar-refractivity contribution < 1.29 is 13.5 Å². The molecular formula is C18H26F2IN5O. The first-order valence-corrected chi connectivity index (χ1v) is 8.52. The van der Waals surface area contributed by atoms with Crippen LogP contribution in [0.1, 0.15) is 23.6 Å². The predicted octanol–water partition coefficient (Wildman–Crippen LogP) is 3.25. The largest absolute Gasteiger partial charge is 0.434 e. The minimum atomic E-state index is -2.86. The van der Waals surface area contributed by atoms with E-state index in [4.69, 9.17) is 0 Å². The number of nitrogens with zero attached hydrogens (tertiary/aromatic N) is 3. The first kappa shape index (κ1) is 23.1. The predicted molar refractivity (Wildman–Crippen MR) is 113 cm³/mol. The molecule has 0 spiro atoms. The van der Waals surface area contributed by atoms with Gasteiger partial charge in [-0.25, -0.2) is 4.99 Å². The van der Waals surface area contributed by atoms with Crippen LogP contribution in [0.25, 0.3) is 0 Å². The molecule has 9 heteroatoms. The molecule has 27 heavy (non-hydrogen) atoms. The zero-order valence-electron chi connectivity index (χ0n) is 15.7. The SMILES string of the molecule is CCNC(=NCc1cc(C)ccc1OC(F)F)NCCc1cnn(C)c1.I. The average Bonchev–Trinajstić information content (AvgIpc) is 2.99. The van der Waals surface area contributed by atoms with E-state index in [-0.39, 0.29) is 36.3 Å². The highest BCUT2D eigenvalue weighted by Gasteiger charge is 2.10. The molecule has 1 aromatic heterocycles. The van der Waals surface area contributed by atoms with Gasteiger partial charge in [-0.2, -0.15) is 13.9 Å². The molecule has 0 aliphatic carbocycles. The molecular weight excluding hydrogens is 467 g/mol. The summed E-state index contributed by atoms with van der Waals surface area (Å²) in [6, 6.07) is 5.10. The molecule has 0 unspecified atom stereocenters. The lowest BCUT2D eigenvalue weighted by atomic mass is 10.1. The van der Waals surface area contributed by atoms with Crippen molar-refractivity contribution in [1.29, 1.82) is 0 Å². The number of hydrogen-bond acceptors (Lipinski definition) is 3. The number of aryl methyl sites for hydroxylation is 2. The summed E-state index contributed by atoms with van der Waals surface area (Å²) in [6.07, 6.45) is 4.60. The van der Waals surface area contributed by atoms with Crippen molar-refractivity contribution in [3.63, 3.8) is 0 Å². The molecule has 0 fully saturated rings. The fraction of sp³-hybridized carbons (Fsp3) is 0.444. The van der Waals surface area contributed by atoms with Crippen LogP contribution in [-0.4, -0.2) is 35.4 Å².